The SMILES string of the molecule is O=C(O)c1c(OC(F)(F)F)[nH]cc(CCl)c1=O. The van der Waals surface area contributed by atoms with E-state index in [4.69, 9.17) is 16.7 Å². The van der Waals surface area contributed by atoms with Crippen LogP contribution in [0.3, 0.4) is 0 Å². The lowest BCUT2D eigenvalue weighted by Gasteiger charge is -2.11. The number of nitrogens with one attached hydrogen (secondary N) is 1. The fraction of sp³-hybridized carbons (Fsp3) is 0.250. The van der Waals surface area contributed by atoms with Crippen LogP contribution in [-0.4, -0.2) is 22.4 Å². The number of aromatic carboxylic acids is 1. The summed E-state index contributed by atoms with van der Waals surface area (Å²) >= 11 is 5.32. The Hall–Kier alpha value is -1.70. The predicted molar refractivity (Wildman–Crippen MR) is 50.3 cm³/mol. The summed E-state index contributed by atoms with van der Waals surface area (Å²) < 4.78 is 39.2. The number of pyridine rings is 1. The summed E-state index contributed by atoms with van der Waals surface area (Å²) in [5.41, 5.74) is -2.43. The van der Waals surface area contributed by atoms with Gasteiger partial charge in [0.25, 0.3) is 0 Å². The molecule has 1 heterocycles. The number of carboxylic acid groups (broad SMARTS) is 1. The summed E-state index contributed by atoms with van der Waals surface area (Å²) in [5, 5.41) is 8.65. The van der Waals surface area contributed by atoms with E-state index < -0.39 is 29.2 Å². The highest BCUT2D eigenvalue weighted by Crippen LogP contribution is 2.22. The van der Waals surface area contributed by atoms with Crippen molar-refractivity contribution < 1.29 is 27.8 Å². The summed E-state index contributed by atoms with van der Waals surface area (Å²) in [5.74, 6) is -3.34. The Morgan fingerprint density at radius 3 is 2.53 bits per heavy atom. The van der Waals surface area contributed by atoms with Gasteiger partial charge < -0.3 is 14.8 Å². The number of hydrogen-bond donors (Lipinski definition) is 2. The zero-order chi connectivity index (χ0) is 13.2. The van der Waals surface area contributed by atoms with Crippen LogP contribution in [0.2, 0.25) is 0 Å². The van der Waals surface area contributed by atoms with Crippen LogP contribution in [0.1, 0.15) is 15.9 Å². The monoisotopic (exact) mass is 271 g/mol. The van der Waals surface area contributed by atoms with Crippen molar-refractivity contribution in [3.05, 3.63) is 27.5 Å². The molecule has 0 aliphatic heterocycles. The first kappa shape index (κ1) is 13.4. The van der Waals surface area contributed by atoms with Crippen molar-refractivity contribution in [1.82, 2.24) is 4.98 Å². The van der Waals surface area contributed by atoms with Gasteiger partial charge in [-0.3, -0.25) is 4.79 Å². The third-order valence-electron chi connectivity index (χ3n) is 1.70. The van der Waals surface area contributed by atoms with Gasteiger partial charge in [0.2, 0.25) is 11.3 Å². The Kier molecular flexibility index (Phi) is 3.66. The number of alkyl halides is 4. The number of hydrogen-bond acceptors (Lipinski definition) is 3. The van der Waals surface area contributed by atoms with Crippen LogP contribution in [0.15, 0.2) is 11.0 Å². The minimum Gasteiger partial charge on any atom is -0.477 e. The zero-order valence-electron chi connectivity index (χ0n) is 7.97. The van der Waals surface area contributed by atoms with Gasteiger partial charge in [-0.05, 0) is 0 Å². The molecule has 1 aromatic heterocycles. The van der Waals surface area contributed by atoms with Crippen molar-refractivity contribution >= 4 is 17.6 Å². The fourth-order valence-electron chi connectivity index (χ4n) is 1.04. The van der Waals surface area contributed by atoms with Crippen LogP contribution in [0.5, 0.6) is 5.88 Å². The second kappa shape index (κ2) is 4.66. The van der Waals surface area contributed by atoms with E-state index in [0.717, 1.165) is 6.20 Å². The van der Waals surface area contributed by atoms with Crippen LogP contribution in [0.25, 0.3) is 0 Å². The van der Waals surface area contributed by atoms with Gasteiger partial charge >= 0.3 is 12.3 Å². The Morgan fingerprint density at radius 2 is 2.12 bits per heavy atom. The molecule has 0 fully saturated rings. The Balaban J connectivity index is 3.37. The second-order valence-corrected chi connectivity index (χ2v) is 3.10. The molecule has 1 rings (SSSR count). The molecule has 0 saturated carbocycles. The molecule has 0 aliphatic rings. The van der Waals surface area contributed by atoms with Gasteiger partial charge in [0.15, 0.2) is 5.56 Å². The summed E-state index contributed by atoms with van der Waals surface area (Å²) in [4.78, 5) is 24.0. The smallest absolute Gasteiger partial charge is 0.477 e. The molecule has 0 spiro atoms. The number of carboxylic acids is 1. The fourth-order valence-corrected chi connectivity index (χ4v) is 1.24. The van der Waals surface area contributed by atoms with E-state index >= 15 is 0 Å². The maximum Gasteiger partial charge on any atom is 0.574 e. The molecule has 94 valence electrons. The van der Waals surface area contributed by atoms with Gasteiger partial charge in [0, 0.05) is 11.8 Å². The average molecular weight is 272 g/mol. The number of halogens is 4. The molecule has 0 aliphatic carbocycles. The van der Waals surface area contributed by atoms with E-state index in [9.17, 15) is 22.8 Å². The topological polar surface area (TPSA) is 79.4 Å². The average Bonchev–Trinajstić information content (AvgIpc) is 2.14. The van der Waals surface area contributed by atoms with Gasteiger partial charge in [0.05, 0.1) is 5.88 Å². The Bertz CT molecular complexity index is 497. The molecule has 0 unspecified atom stereocenters. The molecule has 0 saturated heterocycles. The van der Waals surface area contributed by atoms with Crippen molar-refractivity contribution in [2.45, 2.75) is 12.2 Å². The van der Waals surface area contributed by atoms with Crippen molar-refractivity contribution in [2.24, 2.45) is 0 Å². The maximum atomic E-state index is 11.9. The number of ether oxygens (including phenoxy) is 1. The van der Waals surface area contributed by atoms with Crippen LogP contribution in [0.4, 0.5) is 13.2 Å². The van der Waals surface area contributed by atoms with Gasteiger partial charge in [-0.1, -0.05) is 0 Å². The number of rotatable bonds is 3. The largest absolute Gasteiger partial charge is 0.574 e. The highest BCUT2D eigenvalue weighted by molar-refractivity contribution is 6.17. The molecule has 0 amide bonds. The summed E-state index contributed by atoms with van der Waals surface area (Å²) in [6.45, 7) is 0. The molecule has 2 N–H and O–H groups in total. The highest BCUT2D eigenvalue weighted by atomic mass is 35.5. The van der Waals surface area contributed by atoms with Crippen LogP contribution < -0.4 is 10.2 Å². The zero-order valence-corrected chi connectivity index (χ0v) is 8.72. The maximum absolute atomic E-state index is 11.9. The van der Waals surface area contributed by atoms with E-state index in [1.54, 1.807) is 0 Å². The first-order valence-corrected chi connectivity index (χ1v) is 4.59. The lowest BCUT2D eigenvalue weighted by atomic mass is 10.2. The number of aromatic nitrogens is 1. The summed E-state index contributed by atoms with van der Waals surface area (Å²) in [6.07, 6.45) is -4.24. The molecular formula is C8H5ClF3NO4. The Labute approximate surface area is 96.8 Å². The third-order valence-corrected chi connectivity index (χ3v) is 1.99. The summed E-state index contributed by atoms with van der Waals surface area (Å²) in [7, 11) is 0. The minimum absolute atomic E-state index is 0.168. The van der Waals surface area contributed by atoms with E-state index in [1.807, 2.05) is 4.98 Å². The molecule has 5 nitrogen and oxygen atoms in total. The van der Waals surface area contributed by atoms with Crippen molar-refractivity contribution in [2.75, 3.05) is 0 Å². The standard InChI is InChI=1S/C8H5ClF3NO4/c9-1-3-2-13-6(17-8(10,11)12)4(5(3)14)7(15)16/h2H,1H2,(H,13,14)(H,15,16). The quantitative estimate of drug-likeness (QED) is 0.820. The van der Waals surface area contributed by atoms with Gasteiger partial charge in [0.1, 0.15) is 0 Å². The lowest BCUT2D eigenvalue weighted by molar-refractivity contribution is -0.276. The van der Waals surface area contributed by atoms with E-state index in [2.05, 4.69) is 4.74 Å². The molecule has 0 bridgehead atoms. The first-order valence-electron chi connectivity index (χ1n) is 4.06. The normalized spacial score (nSPS) is 11.3. The van der Waals surface area contributed by atoms with Crippen molar-refractivity contribution in [3.63, 3.8) is 0 Å². The number of carbonyl (C=O) groups is 1. The second-order valence-electron chi connectivity index (χ2n) is 2.83. The van der Waals surface area contributed by atoms with Crippen LogP contribution >= 0.6 is 11.6 Å². The van der Waals surface area contributed by atoms with Gasteiger partial charge in [-0.25, -0.2) is 4.79 Å². The molecule has 17 heavy (non-hydrogen) atoms. The Morgan fingerprint density at radius 1 is 1.53 bits per heavy atom. The van der Waals surface area contributed by atoms with Crippen molar-refractivity contribution in [3.8, 4) is 5.88 Å². The van der Waals surface area contributed by atoms with Crippen LogP contribution in [-0.2, 0) is 5.88 Å². The minimum atomic E-state index is -5.10. The lowest BCUT2D eigenvalue weighted by Crippen LogP contribution is -2.25. The number of H-pyrrole nitrogens is 1. The van der Waals surface area contributed by atoms with Crippen molar-refractivity contribution in [1.29, 1.82) is 0 Å². The number of aromatic amines is 1. The first-order chi connectivity index (χ1) is 7.76. The van der Waals surface area contributed by atoms with Gasteiger partial charge in [-0.2, -0.15) is 0 Å². The van der Waals surface area contributed by atoms with E-state index in [-0.39, 0.29) is 11.4 Å². The van der Waals surface area contributed by atoms with E-state index in [0.29, 0.717) is 0 Å². The van der Waals surface area contributed by atoms with Gasteiger partial charge in [-0.15, -0.1) is 24.8 Å². The third kappa shape index (κ3) is 3.13. The molecule has 0 atom stereocenters. The molecule has 9 heteroatoms. The molecule has 0 aromatic carbocycles. The predicted octanol–water partition coefficient (Wildman–Crippen LogP) is 1.71. The molecule has 1 aromatic rings. The van der Waals surface area contributed by atoms with E-state index in [1.165, 1.54) is 0 Å². The molecular weight excluding hydrogens is 267 g/mol. The van der Waals surface area contributed by atoms with Crippen LogP contribution in [0, 0.1) is 0 Å². The summed E-state index contributed by atoms with van der Waals surface area (Å²) in [6, 6.07) is 0. The highest BCUT2D eigenvalue weighted by Gasteiger charge is 2.34. The molecule has 0 radical (unpaired) electrons.